The van der Waals surface area contributed by atoms with Crippen LogP contribution < -0.4 is 5.32 Å². The fourth-order valence-electron chi connectivity index (χ4n) is 2.23. The third-order valence-corrected chi connectivity index (χ3v) is 3.52. The summed E-state index contributed by atoms with van der Waals surface area (Å²) in [6.07, 6.45) is 0.322. The first-order valence-electron chi connectivity index (χ1n) is 7.09. The standard InChI is InChI=1S/C16H21FN2O2/c1-16(2,3)15(21)18-13-8-14(20)19(10-13)9-11-4-6-12(17)7-5-11/h4-7,13H,8-10H2,1-3H3,(H,18,21). The fourth-order valence-corrected chi connectivity index (χ4v) is 2.23. The maximum atomic E-state index is 12.9. The van der Waals surface area contributed by atoms with E-state index in [0.29, 0.717) is 19.5 Å². The Morgan fingerprint density at radius 1 is 1.33 bits per heavy atom. The number of hydrogen-bond acceptors (Lipinski definition) is 2. The normalized spacial score (nSPS) is 19.0. The van der Waals surface area contributed by atoms with Crippen LogP contribution in [0, 0.1) is 11.2 Å². The number of amides is 2. The zero-order valence-electron chi connectivity index (χ0n) is 12.6. The van der Waals surface area contributed by atoms with Crippen LogP contribution in [0.1, 0.15) is 32.8 Å². The van der Waals surface area contributed by atoms with Gasteiger partial charge in [0.1, 0.15) is 5.82 Å². The van der Waals surface area contributed by atoms with Crippen LogP contribution in [0.3, 0.4) is 0 Å². The molecule has 1 aromatic rings. The highest BCUT2D eigenvalue weighted by Crippen LogP contribution is 2.18. The van der Waals surface area contributed by atoms with Gasteiger partial charge >= 0.3 is 0 Å². The van der Waals surface area contributed by atoms with Gasteiger partial charge in [0.25, 0.3) is 0 Å². The Bertz CT molecular complexity index is 534. The van der Waals surface area contributed by atoms with Gasteiger partial charge in [0, 0.05) is 24.9 Å². The third-order valence-electron chi connectivity index (χ3n) is 3.52. The van der Waals surface area contributed by atoms with Crippen molar-refractivity contribution < 1.29 is 14.0 Å². The Morgan fingerprint density at radius 3 is 2.52 bits per heavy atom. The summed E-state index contributed by atoms with van der Waals surface area (Å²) in [7, 11) is 0. The van der Waals surface area contributed by atoms with Crippen LogP contribution in [0.4, 0.5) is 4.39 Å². The molecule has 1 fully saturated rings. The predicted molar refractivity (Wildman–Crippen MR) is 77.8 cm³/mol. The minimum Gasteiger partial charge on any atom is -0.351 e. The van der Waals surface area contributed by atoms with Crippen molar-refractivity contribution in [2.24, 2.45) is 5.41 Å². The van der Waals surface area contributed by atoms with Crippen molar-refractivity contribution in [3.63, 3.8) is 0 Å². The first kappa shape index (κ1) is 15.5. The highest BCUT2D eigenvalue weighted by molar-refractivity contribution is 5.84. The van der Waals surface area contributed by atoms with E-state index in [1.807, 2.05) is 20.8 Å². The maximum absolute atomic E-state index is 12.9. The summed E-state index contributed by atoms with van der Waals surface area (Å²) in [4.78, 5) is 25.6. The molecule has 1 aliphatic rings. The lowest BCUT2D eigenvalue weighted by Gasteiger charge is -2.21. The second kappa shape index (κ2) is 5.84. The fraction of sp³-hybridized carbons (Fsp3) is 0.500. The Kier molecular flexibility index (Phi) is 4.30. The van der Waals surface area contributed by atoms with Crippen molar-refractivity contribution in [1.82, 2.24) is 10.2 Å². The number of nitrogens with zero attached hydrogens (tertiary/aromatic N) is 1. The first-order valence-corrected chi connectivity index (χ1v) is 7.09. The van der Waals surface area contributed by atoms with Gasteiger partial charge in [0.05, 0.1) is 6.04 Å². The van der Waals surface area contributed by atoms with Gasteiger partial charge in [-0.25, -0.2) is 4.39 Å². The highest BCUT2D eigenvalue weighted by Gasteiger charge is 2.32. The molecular weight excluding hydrogens is 271 g/mol. The summed E-state index contributed by atoms with van der Waals surface area (Å²) in [5.74, 6) is -0.329. The molecule has 0 bridgehead atoms. The summed E-state index contributed by atoms with van der Waals surface area (Å²) in [6, 6.07) is 5.96. The monoisotopic (exact) mass is 292 g/mol. The smallest absolute Gasteiger partial charge is 0.225 e. The summed E-state index contributed by atoms with van der Waals surface area (Å²) in [5, 5.41) is 2.91. The van der Waals surface area contributed by atoms with E-state index >= 15 is 0 Å². The van der Waals surface area contributed by atoms with Crippen molar-refractivity contribution in [1.29, 1.82) is 0 Å². The van der Waals surface area contributed by atoms with Crippen LogP contribution in [0.2, 0.25) is 0 Å². The van der Waals surface area contributed by atoms with E-state index in [2.05, 4.69) is 5.32 Å². The van der Waals surface area contributed by atoms with Gasteiger partial charge < -0.3 is 10.2 Å². The van der Waals surface area contributed by atoms with E-state index < -0.39 is 5.41 Å². The average Bonchev–Trinajstić information content (AvgIpc) is 2.71. The first-order chi connectivity index (χ1) is 9.75. The minimum atomic E-state index is -0.465. The number of rotatable bonds is 3. The van der Waals surface area contributed by atoms with Crippen molar-refractivity contribution in [3.05, 3.63) is 35.6 Å². The van der Waals surface area contributed by atoms with Gasteiger partial charge in [-0.1, -0.05) is 32.9 Å². The molecule has 21 heavy (non-hydrogen) atoms. The molecule has 0 radical (unpaired) electrons. The van der Waals surface area contributed by atoms with E-state index in [1.54, 1.807) is 17.0 Å². The van der Waals surface area contributed by atoms with Crippen LogP contribution in [0.25, 0.3) is 0 Å². The SMILES string of the molecule is CC(C)(C)C(=O)NC1CC(=O)N(Cc2ccc(F)cc2)C1. The van der Waals surface area contributed by atoms with Gasteiger partial charge in [0.15, 0.2) is 0 Å². The number of carbonyl (C=O) groups is 2. The molecule has 0 aliphatic carbocycles. The van der Waals surface area contributed by atoms with E-state index in [1.165, 1.54) is 12.1 Å². The second-order valence-corrected chi connectivity index (χ2v) is 6.53. The molecule has 1 saturated heterocycles. The summed E-state index contributed by atoms with van der Waals surface area (Å²) in [6.45, 7) is 6.47. The van der Waals surface area contributed by atoms with Crippen LogP contribution in [-0.4, -0.2) is 29.3 Å². The minimum absolute atomic E-state index is 0.0125. The number of carbonyl (C=O) groups excluding carboxylic acids is 2. The lowest BCUT2D eigenvalue weighted by atomic mass is 9.95. The maximum Gasteiger partial charge on any atom is 0.225 e. The van der Waals surface area contributed by atoms with Crippen molar-refractivity contribution in [2.45, 2.75) is 39.8 Å². The molecule has 5 heteroatoms. The molecule has 114 valence electrons. The van der Waals surface area contributed by atoms with Gasteiger partial charge in [-0.2, -0.15) is 0 Å². The van der Waals surface area contributed by atoms with E-state index in [4.69, 9.17) is 0 Å². The Hall–Kier alpha value is -1.91. The number of benzene rings is 1. The van der Waals surface area contributed by atoms with E-state index in [0.717, 1.165) is 5.56 Å². The van der Waals surface area contributed by atoms with Gasteiger partial charge in [0.2, 0.25) is 11.8 Å². The molecular formula is C16H21FN2O2. The van der Waals surface area contributed by atoms with Crippen LogP contribution in [0.5, 0.6) is 0 Å². The average molecular weight is 292 g/mol. The quantitative estimate of drug-likeness (QED) is 0.927. The molecule has 2 rings (SSSR count). The summed E-state index contributed by atoms with van der Waals surface area (Å²) < 4.78 is 12.9. The zero-order chi connectivity index (χ0) is 15.6. The predicted octanol–water partition coefficient (Wildman–Crippen LogP) is 2.09. The summed E-state index contributed by atoms with van der Waals surface area (Å²) >= 11 is 0. The Balaban J connectivity index is 1.94. The molecule has 4 nitrogen and oxygen atoms in total. The van der Waals surface area contributed by atoms with E-state index in [-0.39, 0.29) is 23.7 Å². The highest BCUT2D eigenvalue weighted by atomic mass is 19.1. The molecule has 1 N–H and O–H groups in total. The van der Waals surface area contributed by atoms with Gasteiger partial charge in [-0.05, 0) is 17.7 Å². The largest absolute Gasteiger partial charge is 0.351 e. The molecule has 0 aromatic heterocycles. The van der Waals surface area contributed by atoms with Crippen molar-refractivity contribution in [3.8, 4) is 0 Å². The van der Waals surface area contributed by atoms with Crippen molar-refractivity contribution in [2.75, 3.05) is 6.54 Å². The number of nitrogens with one attached hydrogen (secondary N) is 1. The summed E-state index contributed by atoms with van der Waals surface area (Å²) in [5.41, 5.74) is 0.417. The Morgan fingerprint density at radius 2 is 1.95 bits per heavy atom. The topological polar surface area (TPSA) is 49.4 Å². The lowest BCUT2D eigenvalue weighted by Crippen LogP contribution is -2.42. The molecule has 1 heterocycles. The van der Waals surface area contributed by atoms with Crippen LogP contribution in [0.15, 0.2) is 24.3 Å². The van der Waals surface area contributed by atoms with Crippen molar-refractivity contribution >= 4 is 11.8 Å². The molecule has 1 unspecified atom stereocenters. The lowest BCUT2D eigenvalue weighted by molar-refractivity contribution is -0.129. The zero-order valence-corrected chi connectivity index (χ0v) is 12.6. The van der Waals surface area contributed by atoms with Gasteiger partial charge in [-0.3, -0.25) is 9.59 Å². The molecule has 1 aliphatic heterocycles. The number of hydrogen-bond donors (Lipinski definition) is 1. The molecule has 0 saturated carbocycles. The molecule has 1 atom stereocenters. The van der Waals surface area contributed by atoms with Crippen LogP contribution in [-0.2, 0) is 16.1 Å². The molecule has 2 amide bonds. The number of halogens is 1. The Labute approximate surface area is 124 Å². The van der Waals surface area contributed by atoms with Gasteiger partial charge in [-0.15, -0.1) is 0 Å². The third kappa shape index (κ3) is 4.03. The molecule has 1 aromatic carbocycles. The second-order valence-electron chi connectivity index (χ2n) is 6.53. The molecule has 0 spiro atoms. The number of likely N-dealkylation sites (tertiary alicyclic amines) is 1. The van der Waals surface area contributed by atoms with Crippen LogP contribution >= 0.6 is 0 Å². The van der Waals surface area contributed by atoms with E-state index in [9.17, 15) is 14.0 Å².